The SMILES string of the molecule is O[C@@H]1[C@H](O)Cc2c(ccc3cc4ccccc4cc23)[C@H]1O. The highest BCUT2D eigenvalue weighted by Gasteiger charge is 2.34. The predicted octanol–water partition coefficient (Wildman–Crippen LogP) is 2.30. The van der Waals surface area contributed by atoms with Crippen LogP contribution >= 0.6 is 0 Å². The molecule has 3 aromatic carbocycles. The van der Waals surface area contributed by atoms with E-state index in [1.54, 1.807) is 0 Å². The van der Waals surface area contributed by atoms with E-state index in [0.717, 1.165) is 27.3 Å². The quantitative estimate of drug-likeness (QED) is 0.554. The van der Waals surface area contributed by atoms with E-state index >= 15 is 0 Å². The summed E-state index contributed by atoms with van der Waals surface area (Å²) < 4.78 is 0. The second-order valence-corrected chi connectivity index (χ2v) is 5.76. The Morgan fingerprint density at radius 1 is 0.810 bits per heavy atom. The van der Waals surface area contributed by atoms with Crippen molar-refractivity contribution in [2.45, 2.75) is 24.7 Å². The first-order valence-corrected chi connectivity index (χ1v) is 7.13. The number of hydrogen-bond donors (Lipinski definition) is 3. The van der Waals surface area contributed by atoms with Gasteiger partial charge in [0.2, 0.25) is 0 Å². The first-order valence-electron chi connectivity index (χ1n) is 7.13. The van der Waals surface area contributed by atoms with E-state index in [0.29, 0.717) is 6.42 Å². The van der Waals surface area contributed by atoms with Gasteiger partial charge in [0, 0.05) is 6.42 Å². The van der Waals surface area contributed by atoms with Crippen molar-refractivity contribution >= 4 is 21.5 Å². The Morgan fingerprint density at radius 3 is 2.29 bits per heavy atom. The molecule has 106 valence electrons. The molecule has 21 heavy (non-hydrogen) atoms. The molecule has 3 N–H and O–H groups in total. The zero-order valence-electron chi connectivity index (χ0n) is 11.4. The van der Waals surface area contributed by atoms with Crippen molar-refractivity contribution < 1.29 is 15.3 Å². The van der Waals surface area contributed by atoms with Crippen molar-refractivity contribution in [3.8, 4) is 0 Å². The summed E-state index contributed by atoms with van der Waals surface area (Å²) in [5.74, 6) is 0. The summed E-state index contributed by atoms with van der Waals surface area (Å²) in [6.45, 7) is 0. The highest BCUT2D eigenvalue weighted by molar-refractivity contribution is 6.00. The summed E-state index contributed by atoms with van der Waals surface area (Å²) in [6.07, 6.45) is -2.71. The molecule has 0 aromatic heterocycles. The minimum atomic E-state index is -1.12. The molecule has 4 rings (SSSR count). The zero-order valence-corrected chi connectivity index (χ0v) is 11.4. The Hall–Kier alpha value is -1.94. The molecule has 3 heteroatoms. The van der Waals surface area contributed by atoms with Crippen molar-refractivity contribution in [2.75, 3.05) is 0 Å². The average molecular weight is 280 g/mol. The lowest BCUT2D eigenvalue weighted by Gasteiger charge is -2.31. The third-order valence-electron chi connectivity index (χ3n) is 4.48. The molecule has 0 fully saturated rings. The molecule has 0 saturated heterocycles. The van der Waals surface area contributed by atoms with E-state index < -0.39 is 18.3 Å². The summed E-state index contributed by atoms with van der Waals surface area (Å²) in [6, 6.07) is 16.2. The monoisotopic (exact) mass is 280 g/mol. The molecule has 3 atom stereocenters. The topological polar surface area (TPSA) is 60.7 Å². The number of fused-ring (bicyclic) bond motifs is 4. The number of aliphatic hydroxyl groups is 3. The molecule has 0 radical (unpaired) electrons. The van der Waals surface area contributed by atoms with Crippen LogP contribution in [-0.4, -0.2) is 27.5 Å². The largest absolute Gasteiger partial charge is 0.390 e. The molecule has 0 spiro atoms. The van der Waals surface area contributed by atoms with Gasteiger partial charge in [-0.2, -0.15) is 0 Å². The lowest BCUT2D eigenvalue weighted by atomic mass is 9.82. The van der Waals surface area contributed by atoms with Gasteiger partial charge >= 0.3 is 0 Å². The van der Waals surface area contributed by atoms with Gasteiger partial charge in [0.25, 0.3) is 0 Å². The molecule has 0 unspecified atom stereocenters. The molecule has 0 heterocycles. The van der Waals surface area contributed by atoms with E-state index in [2.05, 4.69) is 24.3 Å². The minimum Gasteiger partial charge on any atom is -0.390 e. The van der Waals surface area contributed by atoms with Crippen LogP contribution < -0.4 is 0 Å². The zero-order chi connectivity index (χ0) is 14.6. The normalized spacial score (nSPS) is 25.2. The molecule has 0 amide bonds. The van der Waals surface area contributed by atoms with Gasteiger partial charge in [-0.25, -0.2) is 0 Å². The maximum atomic E-state index is 10.2. The molecular weight excluding hydrogens is 264 g/mol. The third kappa shape index (κ3) is 1.86. The number of hydrogen-bond acceptors (Lipinski definition) is 3. The predicted molar refractivity (Wildman–Crippen MR) is 82.1 cm³/mol. The van der Waals surface area contributed by atoms with Gasteiger partial charge < -0.3 is 15.3 Å². The van der Waals surface area contributed by atoms with E-state index in [1.807, 2.05) is 24.3 Å². The lowest BCUT2D eigenvalue weighted by Crippen LogP contribution is -2.38. The first-order chi connectivity index (χ1) is 10.1. The Morgan fingerprint density at radius 2 is 1.52 bits per heavy atom. The van der Waals surface area contributed by atoms with Crippen LogP contribution in [0.15, 0.2) is 48.5 Å². The third-order valence-corrected chi connectivity index (χ3v) is 4.48. The van der Waals surface area contributed by atoms with Crippen LogP contribution in [0.4, 0.5) is 0 Å². The molecule has 1 aliphatic rings. The fourth-order valence-corrected chi connectivity index (χ4v) is 3.32. The number of rotatable bonds is 0. The van der Waals surface area contributed by atoms with Gasteiger partial charge in [0.1, 0.15) is 12.2 Å². The van der Waals surface area contributed by atoms with Gasteiger partial charge in [-0.3, -0.25) is 0 Å². The highest BCUT2D eigenvalue weighted by atomic mass is 16.4. The lowest BCUT2D eigenvalue weighted by molar-refractivity contribution is -0.0682. The summed E-state index contributed by atoms with van der Waals surface area (Å²) in [5, 5.41) is 34.4. The molecule has 3 aromatic rings. The van der Waals surface area contributed by atoms with E-state index in [1.165, 1.54) is 5.39 Å². The van der Waals surface area contributed by atoms with Crippen molar-refractivity contribution in [3.63, 3.8) is 0 Å². The Balaban J connectivity index is 2.04. The molecular formula is C18H16O3. The first kappa shape index (κ1) is 12.8. The maximum absolute atomic E-state index is 10.2. The Kier molecular flexibility index (Phi) is 2.76. The van der Waals surface area contributed by atoms with Gasteiger partial charge in [-0.1, -0.05) is 36.4 Å². The van der Waals surface area contributed by atoms with Gasteiger partial charge in [0.05, 0.1) is 6.10 Å². The van der Waals surface area contributed by atoms with Crippen LogP contribution in [0.3, 0.4) is 0 Å². The molecule has 0 saturated carbocycles. The van der Waals surface area contributed by atoms with Crippen molar-refractivity contribution in [1.29, 1.82) is 0 Å². The van der Waals surface area contributed by atoms with E-state index in [4.69, 9.17) is 0 Å². The maximum Gasteiger partial charge on any atom is 0.110 e. The van der Waals surface area contributed by atoms with Crippen molar-refractivity contribution in [1.82, 2.24) is 0 Å². The van der Waals surface area contributed by atoms with Crippen molar-refractivity contribution in [2.24, 2.45) is 0 Å². The van der Waals surface area contributed by atoms with Crippen LogP contribution in [0, 0.1) is 0 Å². The molecule has 0 aliphatic heterocycles. The average Bonchev–Trinajstić information content (AvgIpc) is 2.51. The van der Waals surface area contributed by atoms with Crippen molar-refractivity contribution in [3.05, 3.63) is 59.7 Å². The van der Waals surface area contributed by atoms with Crippen LogP contribution in [0.5, 0.6) is 0 Å². The van der Waals surface area contributed by atoms with E-state index in [-0.39, 0.29) is 0 Å². The second-order valence-electron chi connectivity index (χ2n) is 5.76. The smallest absolute Gasteiger partial charge is 0.110 e. The second kappa shape index (κ2) is 4.53. The Bertz CT molecular complexity index is 840. The Labute approximate surface area is 122 Å². The summed E-state index contributed by atoms with van der Waals surface area (Å²) in [4.78, 5) is 0. The molecule has 3 nitrogen and oxygen atoms in total. The fraction of sp³-hybridized carbons (Fsp3) is 0.222. The van der Waals surface area contributed by atoms with Crippen LogP contribution in [-0.2, 0) is 6.42 Å². The summed E-state index contributed by atoms with van der Waals surface area (Å²) in [5.41, 5.74) is 1.65. The summed E-state index contributed by atoms with van der Waals surface area (Å²) in [7, 11) is 0. The van der Waals surface area contributed by atoms with Gasteiger partial charge in [0.15, 0.2) is 0 Å². The highest BCUT2D eigenvalue weighted by Crippen LogP contribution is 2.36. The van der Waals surface area contributed by atoms with Gasteiger partial charge in [-0.05, 0) is 44.8 Å². The minimum absolute atomic E-state index is 0.364. The number of benzene rings is 3. The van der Waals surface area contributed by atoms with Gasteiger partial charge in [-0.15, -0.1) is 0 Å². The summed E-state index contributed by atoms with van der Waals surface area (Å²) >= 11 is 0. The van der Waals surface area contributed by atoms with Crippen LogP contribution in [0.1, 0.15) is 17.2 Å². The molecule has 1 aliphatic carbocycles. The molecule has 0 bridgehead atoms. The van der Waals surface area contributed by atoms with Crippen LogP contribution in [0.25, 0.3) is 21.5 Å². The standard InChI is InChI=1S/C18H16O3/c19-16-9-15-13(17(20)18(16)21)6-5-12-7-10-3-1-2-4-11(10)8-14(12)15/h1-8,16-21H,9H2/t16-,17-,18-/m1/s1. The van der Waals surface area contributed by atoms with Crippen LogP contribution in [0.2, 0.25) is 0 Å². The van der Waals surface area contributed by atoms with E-state index in [9.17, 15) is 15.3 Å². The fourth-order valence-electron chi connectivity index (χ4n) is 3.32. The number of aliphatic hydroxyl groups excluding tert-OH is 3.